The average molecular weight is 275 g/mol. The Morgan fingerprint density at radius 1 is 1.35 bits per heavy atom. The quantitative estimate of drug-likeness (QED) is 0.519. The second-order valence-electron chi connectivity index (χ2n) is 5.59. The number of carbonyl (C=O) groups excluding carboxylic acids is 2. The van der Waals surface area contributed by atoms with Gasteiger partial charge in [0, 0.05) is 11.6 Å². The second kappa shape index (κ2) is 6.07. The molecule has 20 heavy (non-hydrogen) atoms. The summed E-state index contributed by atoms with van der Waals surface area (Å²) in [6.45, 7) is 1.95. The maximum atomic E-state index is 12.3. The number of hydrogen-bond donors (Lipinski definition) is 1. The molecule has 4 nitrogen and oxygen atoms in total. The Bertz CT molecular complexity index is 495. The number of rotatable bonds is 4. The molecule has 2 rings (SSSR count). The van der Waals surface area contributed by atoms with E-state index in [1.54, 1.807) is 0 Å². The lowest BCUT2D eigenvalue weighted by atomic mass is 9.95. The molecule has 1 aromatic rings. The van der Waals surface area contributed by atoms with Gasteiger partial charge in [-0.3, -0.25) is 9.59 Å². The van der Waals surface area contributed by atoms with Gasteiger partial charge in [0.25, 0.3) is 0 Å². The normalized spacial score (nSPS) is 25.7. The molecule has 0 aliphatic heterocycles. The molecular formula is C16H21NO3. The van der Waals surface area contributed by atoms with E-state index in [9.17, 15) is 9.59 Å². The van der Waals surface area contributed by atoms with Crippen LogP contribution in [-0.2, 0) is 20.7 Å². The minimum absolute atomic E-state index is 0.0355. The Morgan fingerprint density at radius 3 is 2.60 bits per heavy atom. The summed E-state index contributed by atoms with van der Waals surface area (Å²) in [6.07, 6.45) is 2.38. The fraction of sp³-hybridized carbons (Fsp3) is 0.500. The highest BCUT2D eigenvalue weighted by molar-refractivity contribution is 6.02. The number of carbonyl (C=O) groups is 2. The minimum Gasteiger partial charge on any atom is -0.468 e. The van der Waals surface area contributed by atoms with Crippen LogP contribution in [0.2, 0.25) is 0 Å². The molecule has 0 radical (unpaired) electrons. The van der Waals surface area contributed by atoms with Crippen LogP contribution in [-0.4, -0.2) is 18.9 Å². The maximum absolute atomic E-state index is 12.3. The van der Waals surface area contributed by atoms with Crippen molar-refractivity contribution in [3.8, 4) is 0 Å². The largest absolute Gasteiger partial charge is 0.468 e. The van der Waals surface area contributed by atoms with Gasteiger partial charge < -0.3 is 10.5 Å². The molecule has 1 fully saturated rings. The van der Waals surface area contributed by atoms with E-state index >= 15 is 0 Å². The second-order valence-corrected chi connectivity index (χ2v) is 5.59. The summed E-state index contributed by atoms with van der Waals surface area (Å²) in [5, 5.41) is 0. The van der Waals surface area contributed by atoms with Gasteiger partial charge in [-0.05, 0) is 42.9 Å². The number of nitrogens with two attached hydrogens (primary N) is 1. The lowest BCUT2D eigenvalue weighted by Gasteiger charge is -2.10. The number of ether oxygens (including phenoxy) is 1. The van der Waals surface area contributed by atoms with Crippen molar-refractivity contribution in [3.63, 3.8) is 0 Å². The van der Waals surface area contributed by atoms with E-state index in [0.717, 1.165) is 24.9 Å². The van der Waals surface area contributed by atoms with Gasteiger partial charge in [0.15, 0.2) is 0 Å². The summed E-state index contributed by atoms with van der Waals surface area (Å²) < 4.78 is 4.73. The summed E-state index contributed by atoms with van der Waals surface area (Å²) in [5.74, 6) is -0.883. The summed E-state index contributed by atoms with van der Waals surface area (Å²) in [6, 6.07) is 7.70. The van der Waals surface area contributed by atoms with Gasteiger partial charge in [-0.1, -0.05) is 19.1 Å². The zero-order chi connectivity index (χ0) is 14.7. The summed E-state index contributed by atoms with van der Waals surface area (Å²) >= 11 is 0. The summed E-state index contributed by atoms with van der Waals surface area (Å²) in [4.78, 5) is 23.9. The smallest absolute Gasteiger partial charge is 0.316 e. The first-order valence-electron chi connectivity index (χ1n) is 6.99. The highest BCUT2D eigenvalue weighted by Gasteiger charge is 2.44. The molecule has 1 aliphatic carbocycles. The number of Topliss-reactive ketones (excluding diaryl/α,β-unsaturated/α-hetero) is 1. The van der Waals surface area contributed by atoms with E-state index in [2.05, 4.69) is 0 Å². The van der Waals surface area contributed by atoms with Crippen molar-refractivity contribution in [3.05, 3.63) is 29.8 Å². The molecule has 0 bridgehead atoms. The number of methoxy groups -OCH3 is 1. The van der Waals surface area contributed by atoms with Crippen LogP contribution in [0.3, 0.4) is 0 Å². The van der Waals surface area contributed by atoms with Crippen molar-refractivity contribution in [1.29, 1.82) is 0 Å². The third-order valence-corrected chi connectivity index (χ3v) is 4.15. The third kappa shape index (κ3) is 3.00. The molecule has 0 heterocycles. The number of ketones is 1. The van der Waals surface area contributed by atoms with Crippen molar-refractivity contribution in [2.75, 3.05) is 12.8 Å². The molecule has 0 saturated heterocycles. The lowest BCUT2D eigenvalue weighted by Crippen LogP contribution is -2.26. The molecule has 1 aromatic carbocycles. The predicted molar refractivity (Wildman–Crippen MR) is 77.0 cm³/mol. The highest BCUT2D eigenvalue weighted by atomic mass is 16.5. The van der Waals surface area contributed by atoms with Crippen molar-refractivity contribution in [2.24, 2.45) is 17.8 Å². The first-order valence-corrected chi connectivity index (χ1v) is 6.99. The maximum Gasteiger partial charge on any atom is 0.316 e. The zero-order valence-electron chi connectivity index (χ0n) is 12.0. The monoisotopic (exact) mass is 275 g/mol. The Morgan fingerprint density at radius 2 is 2.00 bits per heavy atom. The van der Waals surface area contributed by atoms with Crippen LogP contribution in [0.4, 0.5) is 5.69 Å². The molecule has 1 unspecified atom stereocenters. The van der Waals surface area contributed by atoms with Crippen LogP contribution in [0.1, 0.15) is 25.3 Å². The van der Waals surface area contributed by atoms with Gasteiger partial charge in [0.2, 0.25) is 0 Å². The molecule has 1 saturated carbocycles. The number of nitrogen functional groups attached to an aromatic ring is 1. The average Bonchev–Trinajstić information content (AvgIpc) is 2.72. The van der Waals surface area contributed by atoms with Crippen LogP contribution >= 0.6 is 0 Å². The highest BCUT2D eigenvalue weighted by Crippen LogP contribution is 2.36. The first-order chi connectivity index (χ1) is 9.52. The molecule has 0 spiro atoms. The Labute approximate surface area is 119 Å². The van der Waals surface area contributed by atoms with Gasteiger partial charge in [0.1, 0.15) is 11.7 Å². The van der Waals surface area contributed by atoms with E-state index < -0.39 is 11.9 Å². The van der Waals surface area contributed by atoms with Crippen molar-refractivity contribution in [1.82, 2.24) is 0 Å². The van der Waals surface area contributed by atoms with Crippen molar-refractivity contribution in [2.45, 2.75) is 26.2 Å². The number of anilines is 1. The third-order valence-electron chi connectivity index (χ3n) is 4.15. The first kappa shape index (κ1) is 14.6. The van der Waals surface area contributed by atoms with Gasteiger partial charge in [-0.25, -0.2) is 0 Å². The van der Waals surface area contributed by atoms with Gasteiger partial charge in [0.05, 0.1) is 7.11 Å². The fourth-order valence-electron chi connectivity index (χ4n) is 3.00. The summed E-state index contributed by atoms with van der Waals surface area (Å²) in [7, 11) is 1.34. The van der Waals surface area contributed by atoms with Crippen LogP contribution < -0.4 is 5.73 Å². The van der Waals surface area contributed by atoms with Gasteiger partial charge in [-0.15, -0.1) is 0 Å². The number of esters is 1. The molecule has 2 N–H and O–H groups in total. The lowest BCUT2D eigenvalue weighted by molar-refractivity contribution is -0.150. The molecule has 108 valence electrons. The van der Waals surface area contributed by atoms with E-state index in [1.165, 1.54) is 12.7 Å². The van der Waals surface area contributed by atoms with Crippen LogP contribution in [0.5, 0.6) is 0 Å². The molecule has 3 atom stereocenters. The van der Waals surface area contributed by atoms with Crippen LogP contribution in [0.15, 0.2) is 24.3 Å². The summed E-state index contributed by atoms with van der Waals surface area (Å²) in [5.41, 5.74) is 7.56. The number of aryl methyl sites for hydroxylation is 1. The van der Waals surface area contributed by atoms with Crippen LogP contribution in [0.25, 0.3) is 0 Å². The Hall–Kier alpha value is -1.84. The van der Waals surface area contributed by atoms with Gasteiger partial charge >= 0.3 is 5.97 Å². The molecule has 0 aromatic heterocycles. The number of hydrogen-bond acceptors (Lipinski definition) is 4. The molecular weight excluding hydrogens is 254 g/mol. The van der Waals surface area contributed by atoms with E-state index in [-0.39, 0.29) is 17.6 Å². The minimum atomic E-state index is -0.573. The molecule has 4 heteroatoms. The fourth-order valence-corrected chi connectivity index (χ4v) is 3.00. The van der Waals surface area contributed by atoms with Gasteiger partial charge in [-0.2, -0.15) is 0 Å². The topological polar surface area (TPSA) is 69.4 Å². The number of benzene rings is 1. The SMILES string of the molecule is COC(=O)[C@H]1C(=O)C(CCc2ccc(N)cc2)C[C@@H]1C. The Balaban J connectivity index is 1.96. The molecule has 1 aliphatic rings. The van der Waals surface area contributed by atoms with Crippen molar-refractivity contribution >= 4 is 17.4 Å². The van der Waals surface area contributed by atoms with E-state index in [4.69, 9.17) is 10.5 Å². The molecule has 0 amide bonds. The zero-order valence-corrected chi connectivity index (χ0v) is 12.0. The van der Waals surface area contributed by atoms with Crippen molar-refractivity contribution < 1.29 is 14.3 Å². The van der Waals surface area contributed by atoms with E-state index in [1.807, 2.05) is 31.2 Å². The Kier molecular flexibility index (Phi) is 4.42. The van der Waals surface area contributed by atoms with Crippen LogP contribution in [0, 0.1) is 17.8 Å². The standard InChI is InChI=1S/C16H21NO3/c1-10-9-12(15(18)14(10)16(19)20-2)6-3-11-4-7-13(17)8-5-11/h4-5,7-8,10,12,14H,3,6,9,17H2,1-2H3/t10-,12?,14+/m0/s1. The predicted octanol–water partition coefficient (Wildman–Crippen LogP) is 2.22. The van der Waals surface area contributed by atoms with E-state index in [0.29, 0.717) is 0 Å².